The topological polar surface area (TPSA) is 103 Å². The van der Waals surface area contributed by atoms with Gasteiger partial charge in [0, 0.05) is 45.0 Å². The fourth-order valence-electron chi connectivity index (χ4n) is 8.40. The molecule has 10 heteroatoms. The molecule has 10 nitrogen and oxygen atoms in total. The lowest BCUT2D eigenvalue weighted by atomic mass is 9.73. The van der Waals surface area contributed by atoms with Crippen molar-refractivity contribution in [1.29, 1.82) is 0 Å². The Morgan fingerprint density at radius 3 is 2.26 bits per heavy atom. The maximum absolute atomic E-state index is 15.0. The SMILES string of the molecule is CC[C@]12C=CCN(c3ccccc3)C(=O)[C@H]1[C@H]1C(=O)N([C@@H](CO)Cc3ccccc3)C3C(=O)N(CCN4CCOCC4)CC=C[C@@]31O2. The van der Waals surface area contributed by atoms with Crippen molar-refractivity contribution in [2.75, 3.05) is 64.0 Å². The summed E-state index contributed by atoms with van der Waals surface area (Å²) in [4.78, 5) is 52.0. The van der Waals surface area contributed by atoms with Crippen LogP contribution < -0.4 is 4.90 Å². The zero-order chi connectivity index (χ0) is 32.6. The highest BCUT2D eigenvalue weighted by molar-refractivity contribution is 6.04. The number of aliphatic hydroxyl groups excluding tert-OH is 1. The monoisotopic (exact) mass is 640 g/mol. The van der Waals surface area contributed by atoms with Gasteiger partial charge in [0.25, 0.3) is 0 Å². The highest BCUT2D eigenvalue weighted by Gasteiger charge is 2.76. The predicted octanol–water partition coefficient (Wildman–Crippen LogP) is 2.28. The molecule has 0 radical (unpaired) electrons. The maximum atomic E-state index is 15.0. The Labute approximate surface area is 276 Å². The second-order valence-electron chi connectivity index (χ2n) is 13.2. The standard InChI is InChI=1S/C37H44N4O6/c1-2-36-15-9-18-40(28-13-7-4-8-14-28)33(43)30(36)31-34(44)41(29(26-42)25-27-11-5-3-6-12-27)32-35(45)39(17-10-16-37(31,32)47-36)20-19-38-21-23-46-24-22-38/h3-16,29-32,42H,2,17-26H2,1H3/t29-,30-,31+,32?,36+,37+/m1/s1. The first-order chi connectivity index (χ1) is 22.9. The lowest BCUT2D eigenvalue weighted by Crippen LogP contribution is -2.59. The number of ether oxygens (including phenoxy) is 2. The molecule has 3 amide bonds. The third-order valence-corrected chi connectivity index (χ3v) is 10.7. The number of hydrogen-bond donors (Lipinski definition) is 1. The highest BCUT2D eigenvalue weighted by atomic mass is 16.5. The van der Waals surface area contributed by atoms with Crippen molar-refractivity contribution >= 4 is 23.4 Å². The van der Waals surface area contributed by atoms with Crippen molar-refractivity contribution in [3.8, 4) is 0 Å². The number of aliphatic hydroxyl groups is 1. The Bertz CT molecular complexity index is 1530. The van der Waals surface area contributed by atoms with E-state index in [1.54, 1.807) is 14.7 Å². The van der Waals surface area contributed by atoms with E-state index in [9.17, 15) is 14.7 Å². The molecule has 7 rings (SSSR count). The molecular formula is C37H44N4O6. The molecule has 3 saturated heterocycles. The molecule has 2 aromatic rings. The van der Waals surface area contributed by atoms with Crippen LogP contribution in [0.15, 0.2) is 85.0 Å². The van der Waals surface area contributed by atoms with Gasteiger partial charge in [0.05, 0.1) is 43.3 Å². The first kappa shape index (κ1) is 31.8. The molecule has 5 aliphatic rings. The van der Waals surface area contributed by atoms with Gasteiger partial charge in [-0.15, -0.1) is 0 Å². The van der Waals surface area contributed by atoms with Gasteiger partial charge < -0.3 is 29.3 Å². The number of rotatable bonds is 9. The molecule has 3 fully saturated rings. The van der Waals surface area contributed by atoms with E-state index in [-0.39, 0.29) is 24.3 Å². The number of morpholine rings is 1. The molecule has 5 aliphatic heterocycles. The number of likely N-dealkylation sites (tertiary alicyclic amines) is 1. The van der Waals surface area contributed by atoms with E-state index >= 15 is 4.79 Å². The van der Waals surface area contributed by atoms with Crippen molar-refractivity contribution < 1.29 is 29.0 Å². The first-order valence-corrected chi connectivity index (χ1v) is 16.9. The van der Waals surface area contributed by atoms with E-state index < -0.39 is 35.1 Å². The number of fused-ring (bicyclic) bond motifs is 2. The largest absolute Gasteiger partial charge is 0.394 e. The summed E-state index contributed by atoms with van der Waals surface area (Å²) < 4.78 is 12.7. The van der Waals surface area contributed by atoms with Crippen LogP contribution in [0.2, 0.25) is 0 Å². The second-order valence-corrected chi connectivity index (χ2v) is 13.2. The Balaban J connectivity index is 1.31. The quantitative estimate of drug-likeness (QED) is 0.420. The summed E-state index contributed by atoms with van der Waals surface area (Å²) in [6, 6.07) is 17.4. The number of carbonyl (C=O) groups is 3. The summed E-state index contributed by atoms with van der Waals surface area (Å²) in [5.41, 5.74) is -0.772. The molecule has 248 valence electrons. The van der Waals surface area contributed by atoms with Crippen LogP contribution in [0, 0.1) is 11.8 Å². The van der Waals surface area contributed by atoms with Gasteiger partial charge in [-0.3, -0.25) is 19.3 Å². The normalized spacial score (nSPS) is 31.4. The molecule has 5 heterocycles. The van der Waals surface area contributed by atoms with Crippen molar-refractivity contribution in [2.24, 2.45) is 11.8 Å². The maximum Gasteiger partial charge on any atom is 0.249 e. The van der Waals surface area contributed by atoms with Crippen molar-refractivity contribution in [3.05, 3.63) is 90.5 Å². The van der Waals surface area contributed by atoms with E-state index in [2.05, 4.69) is 4.90 Å². The predicted molar refractivity (Wildman–Crippen MR) is 176 cm³/mol. The Morgan fingerprint density at radius 2 is 1.55 bits per heavy atom. The number of nitrogens with zero attached hydrogens (tertiary/aromatic N) is 4. The lowest BCUT2D eigenvalue weighted by Gasteiger charge is -2.41. The van der Waals surface area contributed by atoms with Gasteiger partial charge in [-0.1, -0.05) is 79.8 Å². The van der Waals surface area contributed by atoms with Gasteiger partial charge in [-0.2, -0.15) is 0 Å². The molecule has 2 aromatic carbocycles. The summed E-state index contributed by atoms with van der Waals surface area (Å²) >= 11 is 0. The molecule has 0 aliphatic carbocycles. The van der Waals surface area contributed by atoms with E-state index in [0.717, 1.165) is 24.3 Å². The molecule has 1 unspecified atom stereocenters. The van der Waals surface area contributed by atoms with Crippen LogP contribution in [-0.4, -0.2) is 120 Å². The van der Waals surface area contributed by atoms with Gasteiger partial charge in [0.1, 0.15) is 11.6 Å². The minimum atomic E-state index is -1.38. The van der Waals surface area contributed by atoms with Crippen LogP contribution in [0.4, 0.5) is 5.69 Å². The Kier molecular flexibility index (Phi) is 8.78. The number of para-hydroxylation sites is 1. The van der Waals surface area contributed by atoms with Gasteiger partial charge in [-0.05, 0) is 30.5 Å². The van der Waals surface area contributed by atoms with Crippen molar-refractivity contribution in [1.82, 2.24) is 14.7 Å². The lowest BCUT2D eigenvalue weighted by molar-refractivity contribution is -0.155. The number of hydrogen-bond acceptors (Lipinski definition) is 7. The summed E-state index contributed by atoms with van der Waals surface area (Å²) in [6.45, 7) is 6.45. The van der Waals surface area contributed by atoms with Gasteiger partial charge >= 0.3 is 0 Å². The first-order valence-electron chi connectivity index (χ1n) is 16.9. The average molecular weight is 641 g/mol. The van der Waals surface area contributed by atoms with Crippen LogP contribution >= 0.6 is 0 Å². The molecule has 0 bridgehead atoms. The second kappa shape index (κ2) is 13.0. The number of carbonyl (C=O) groups excluding carboxylic acids is 3. The van der Waals surface area contributed by atoms with Crippen LogP contribution in [0.5, 0.6) is 0 Å². The van der Waals surface area contributed by atoms with Crippen LogP contribution in [0.1, 0.15) is 18.9 Å². The molecule has 1 N–H and O–H groups in total. The van der Waals surface area contributed by atoms with Crippen LogP contribution in [-0.2, 0) is 30.3 Å². The van der Waals surface area contributed by atoms with Gasteiger partial charge in [-0.25, -0.2) is 0 Å². The third-order valence-electron chi connectivity index (χ3n) is 10.7. The summed E-state index contributed by atoms with van der Waals surface area (Å²) in [5.74, 6) is -2.55. The number of amides is 3. The van der Waals surface area contributed by atoms with E-state index in [1.807, 2.05) is 91.9 Å². The van der Waals surface area contributed by atoms with Crippen molar-refractivity contribution in [3.63, 3.8) is 0 Å². The summed E-state index contributed by atoms with van der Waals surface area (Å²) in [5, 5.41) is 10.8. The van der Waals surface area contributed by atoms with Crippen LogP contribution in [0.3, 0.4) is 0 Å². The van der Waals surface area contributed by atoms with E-state index in [4.69, 9.17) is 9.47 Å². The highest BCUT2D eigenvalue weighted by Crippen LogP contribution is 2.59. The fourth-order valence-corrected chi connectivity index (χ4v) is 8.40. The van der Waals surface area contributed by atoms with Gasteiger partial charge in [0.15, 0.2) is 0 Å². The van der Waals surface area contributed by atoms with E-state index in [1.165, 1.54) is 0 Å². The molecule has 0 aromatic heterocycles. The molecule has 1 spiro atoms. The third kappa shape index (κ3) is 5.41. The van der Waals surface area contributed by atoms with Crippen LogP contribution in [0.25, 0.3) is 0 Å². The molecular weight excluding hydrogens is 596 g/mol. The zero-order valence-electron chi connectivity index (χ0n) is 26.9. The Morgan fingerprint density at radius 1 is 0.851 bits per heavy atom. The van der Waals surface area contributed by atoms with E-state index in [0.29, 0.717) is 52.2 Å². The summed E-state index contributed by atoms with van der Waals surface area (Å²) in [6.07, 6.45) is 8.55. The minimum absolute atomic E-state index is 0.197. The van der Waals surface area contributed by atoms with Crippen molar-refractivity contribution in [2.45, 2.75) is 43.1 Å². The number of benzene rings is 2. The molecule has 0 saturated carbocycles. The smallest absolute Gasteiger partial charge is 0.249 e. The molecule has 6 atom stereocenters. The molecule has 47 heavy (non-hydrogen) atoms. The fraction of sp³-hybridized carbons (Fsp3) is 0.486. The minimum Gasteiger partial charge on any atom is -0.394 e. The summed E-state index contributed by atoms with van der Waals surface area (Å²) in [7, 11) is 0. The number of anilines is 1. The Hall–Kier alpha value is -3.83. The average Bonchev–Trinajstić information content (AvgIpc) is 3.41. The van der Waals surface area contributed by atoms with Gasteiger partial charge in [0.2, 0.25) is 17.7 Å². The zero-order valence-corrected chi connectivity index (χ0v) is 26.9.